The smallest absolute Gasteiger partial charge is 0.228 e. The van der Waals surface area contributed by atoms with Gasteiger partial charge < -0.3 is 30.6 Å². The van der Waals surface area contributed by atoms with Crippen molar-refractivity contribution in [2.75, 3.05) is 37.7 Å². The first-order valence-electron chi connectivity index (χ1n) is 12.2. The molecule has 0 unspecified atom stereocenters. The maximum atomic E-state index is 12.5. The van der Waals surface area contributed by atoms with Gasteiger partial charge in [0, 0.05) is 34.5 Å². The molecule has 3 aromatic carbocycles. The van der Waals surface area contributed by atoms with Crippen LogP contribution in [0.15, 0.2) is 72.1 Å². The minimum atomic E-state index is -0.0770. The molecule has 0 aliphatic rings. The van der Waals surface area contributed by atoms with Crippen LogP contribution in [0, 0.1) is 0 Å². The number of rotatable bonds is 10. The summed E-state index contributed by atoms with van der Waals surface area (Å²) in [5.41, 5.74) is 10.3. The Morgan fingerprint density at radius 2 is 1.65 bits per heavy atom. The highest BCUT2D eigenvalue weighted by Gasteiger charge is 2.18. The van der Waals surface area contributed by atoms with Crippen LogP contribution in [0.5, 0.6) is 17.2 Å². The summed E-state index contributed by atoms with van der Waals surface area (Å²) in [6.07, 6.45) is 0.309. The molecule has 2 heterocycles. The van der Waals surface area contributed by atoms with E-state index in [0.29, 0.717) is 46.0 Å². The standard InChI is InChI=1S/C29H27N5O4S2/c1-36-22-14-20(15-23(37-2)25(22)38-3)32-29-34-27(30)26(40-29)28-33-21(16-39-28)18-10-7-11-19(13-18)31-24(35)12-17-8-5-4-6-9-17/h4-11,13-16H,12,30H2,1-3H3,(H,31,35)(H,32,34). The van der Waals surface area contributed by atoms with Crippen LogP contribution in [0.3, 0.4) is 0 Å². The summed E-state index contributed by atoms with van der Waals surface area (Å²) in [4.78, 5) is 22.6. The number of nitrogens with one attached hydrogen (secondary N) is 2. The van der Waals surface area contributed by atoms with E-state index in [4.69, 9.17) is 24.9 Å². The summed E-state index contributed by atoms with van der Waals surface area (Å²) in [5.74, 6) is 1.86. The minimum Gasteiger partial charge on any atom is -0.493 e. The molecular formula is C29H27N5O4S2. The molecule has 5 aromatic rings. The molecule has 1 amide bonds. The quantitative estimate of drug-likeness (QED) is 0.174. The van der Waals surface area contributed by atoms with E-state index >= 15 is 0 Å². The van der Waals surface area contributed by atoms with Crippen molar-refractivity contribution in [2.45, 2.75) is 6.42 Å². The number of carbonyl (C=O) groups is 1. The van der Waals surface area contributed by atoms with Gasteiger partial charge in [-0.3, -0.25) is 4.79 Å². The number of nitrogens with two attached hydrogens (primary N) is 1. The van der Waals surface area contributed by atoms with Gasteiger partial charge in [0.25, 0.3) is 0 Å². The number of hydrogen-bond donors (Lipinski definition) is 3. The number of nitrogen functional groups attached to an aromatic ring is 1. The molecule has 9 nitrogen and oxygen atoms in total. The monoisotopic (exact) mass is 573 g/mol. The summed E-state index contributed by atoms with van der Waals surface area (Å²) >= 11 is 2.87. The van der Waals surface area contributed by atoms with E-state index in [-0.39, 0.29) is 5.91 Å². The Morgan fingerprint density at radius 1 is 0.900 bits per heavy atom. The van der Waals surface area contributed by atoms with E-state index in [1.54, 1.807) is 33.5 Å². The van der Waals surface area contributed by atoms with E-state index in [0.717, 1.165) is 26.7 Å². The normalized spacial score (nSPS) is 10.7. The van der Waals surface area contributed by atoms with Crippen LogP contribution in [0.25, 0.3) is 21.1 Å². The Bertz CT molecular complexity index is 1610. The lowest BCUT2D eigenvalue weighted by molar-refractivity contribution is -0.115. The van der Waals surface area contributed by atoms with Crippen molar-refractivity contribution in [1.82, 2.24) is 9.97 Å². The summed E-state index contributed by atoms with van der Waals surface area (Å²) in [6.45, 7) is 0. The molecule has 0 spiro atoms. The van der Waals surface area contributed by atoms with Crippen LogP contribution in [0.2, 0.25) is 0 Å². The van der Waals surface area contributed by atoms with Crippen LogP contribution in [-0.2, 0) is 11.2 Å². The van der Waals surface area contributed by atoms with Crippen molar-refractivity contribution in [3.8, 4) is 38.4 Å². The average Bonchev–Trinajstić information content (AvgIpc) is 3.59. The number of benzene rings is 3. The zero-order valence-corrected chi connectivity index (χ0v) is 23.7. The molecule has 0 saturated carbocycles. The van der Waals surface area contributed by atoms with Gasteiger partial charge in [-0.25, -0.2) is 9.97 Å². The zero-order chi connectivity index (χ0) is 28.1. The van der Waals surface area contributed by atoms with Gasteiger partial charge in [0.1, 0.15) is 15.7 Å². The molecular weight excluding hydrogens is 546 g/mol. The molecule has 0 aliphatic carbocycles. The molecule has 0 radical (unpaired) electrons. The number of amides is 1. The van der Waals surface area contributed by atoms with Crippen LogP contribution in [0.4, 0.5) is 22.3 Å². The van der Waals surface area contributed by atoms with E-state index in [1.165, 1.54) is 22.7 Å². The Kier molecular flexibility index (Phi) is 8.13. The molecule has 0 bridgehead atoms. The Labute approximate surface area is 239 Å². The number of hydrogen-bond acceptors (Lipinski definition) is 10. The van der Waals surface area contributed by atoms with Crippen molar-refractivity contribution in [3.63, 3.8) is 0 Å². The maximum Gasteiger partial charge on any atom is 0.228 e. The number of nitrogens with zero attached hydrogens (tertiary/aromatic N) is 2. The van der Waals surface area contributed by atoms with Crippen LogP contribution in [0.1, 0.15) is 5.56 Å². The summed E-state index contributed by atoms with van der Waals surface area (Å²) in [5, 5.41) is 9.55. The molecule has 204 valence electrons. The van der Waals surface area contributed by atoms with Crippen LogP contribution in [-0.4, -0.2) is 37.2 Å². The summed E-state index contributed by atoms with van der Waals surface area (Å²) < 4.78 is 16.3. The number of carbonyl (C=O) groups excluding carboxylic acids is 1. The van der Waals surface area contributed by atoms with E-state index in [9.17, 15) is 4.79 Å². The SMILES string of the molecule is COc1cc(Nc2nc(N)c(-c3nc(-c4cccc(NC(=O)Cc5ccccc5)c4)cs3)s2)cc(OC)c1OC. The Morgan fingerprint density at radius 3 is 2.35 bits per heavy atom. The third-order valence-electron chi connectivity index (χ3n) is 5.92. The predicted molar refractivity (Wildman–Crippen MR) is 161 cm³/mol. The highest BCUT2D eigenvalue weighted by molar-refractivity contribution is 7.23. The third kappa shape index (κ3) is 6.00. The first-order valence-corrected chi connectivity index (χ1v) is 13.9. The molecule has 4 N–H and O–H groups in total. The third-order valence-corrected chi connectivity index (χ3v) is 7.90. The van der Waals surface area contributed by atoms with Crippen molar-refractivity contribution in [3.05, 3.63) is 77.7 Å². The first-order chi connectivity index (χ1) is 19.5. The van der Waals surface area contributed by atoms with E-state index in [2.05, 4.69) is 15.6 Å². The van der Waals surface area contributed by atoms with Gasteiger partial charge in [0.15, 0.2) is 16.6 Å². The lowest BCUT2D eigenvalue weighted by Crippen LogP contribution is -2.14. The van der Waals surface area contributed by atoms with Crippen LogP contribution >= 0.6 is 22.7 Å². The van der Waals surface area contributed by atoms with Crippen molar-refractivity contribution >= 4 is 50.9 Å². The van der Waals surface area contributed by atoms with Crippen molar-refractivity contribution in [1.29, 1.82) is 0 Å². The molecule has 0 aliphatic heterocycles. The second kappa shape index (κ2) is 12.1. The lowest BCUT2D eigenvalue weighted by atomic mass is 10.1. The largest absolute Gasteiger partial charge is 0.493 e. The number of ether oxygens (including phenoxy) is 3. The number of aromatic nitrogens is 2. The zero-order valence-electron chi connectivity index (χ0n) is 22.1. The molecule has 5 rings (SSSR count). The van der Waals surface area contributed by atoms with Crippen molar-refractivity contribution in [2.24, 2.45) is 0 Å². The molecule has 40 heavy (non-hydrogen) atoms. The van der Waals surface area contributed by atoms with Gasteiger partial charge in [-0.2, -0.15) is 0 Å². The second-order valence-corrected chi connectivity index (χ2v) is 10.5. The van der Waals surface area contributed by atoms with Gasteiger partial charge in [0.2, 0.25) is 11.7 Å². The van der Waals surface area contributed by atoms with Gasteiger partial charge in [-0.15, -0.1) is 11.3 Å². The topological polar surface area (TPSA) is 121 Å². The van der Waals surface area contributed by atoms with E-state index < -0.39 is 0 Å². The molecule has 2 aromatic heterocycles. The highest BCUT2D eigenvalue weighted by atomic mass is 32.1. The van der Waals surface area contributed by atoms with E-state index in [1.807, 2.05) is 60.0 Å². The van der Waals surface area contributed by atoms with Gasteiger partial charge in [-0.1, -0.05) is 53.8 Å². The average molecular weight is 574 g/mol. The summed E-state index contributed by atoms with van der Waals surface area (Å²) in [6, 6.07) is 20.9. The number of methoxy groups -OCH3 is 3. The number of thiazole rings is 2. The Balaban J connectivity index is 1.32. The van der Waals surface area contributed by atoms with Gasteiger partial charge in [-0.05, 0) is 17.7 Å². The second-order valence-electron chi connectivity index (χ2n) is 8.60. The fourth-order valence-electron chi connectivity index (χ4n) is 4.07. The molecule has 0 fully saturated rings. The number of anilines is 4. The molecule has 0 atom stereocenters. The minimum absolute atomic E-state index is 0.0770. The molecule has 11 heteroatoms. The first kappa shape index (κ1) is 27.0. The predicted octanol–water partition coefficient (Wildman–Crippen LogP) is 6.47. The van der Waals surface area contributed by atoms with Gasteiger partial charge >= 0.3 is 0 Å². The summed E-state index contributed by atoms with van der Waals surface area (Å²) in [7, 11) is 4.69. The van der Waals surface area contributed by atoms with Gasteiger partial charge in [0.05, 0.1) is 33.4 Å². The highest BCUT2D eigenvalue weighted by Crippen LogP contribution is 2.43. The maximum absolute atomic E-state index is 12.5. The molecule has 0 saturated heterocycles. The van der Waals surface area contributed by atoms with Crippen LogP contribution < -0.4 is 30.6 Å². The Hall–Kier alpha value is -4.61. The lowest BCUT2D eigenvalue weighted by Gasteiger charge is -2.14. The fourth-order valence-corrected chi connectivity index (χ4v) is 5.90. The van der Waals surface area contributed by atoms with Crippen molar-refractivity contribution < 1.29 is 19.0 Å². The fraction of sp³-hybridized carbons (Fsp3) is 0.138.